The molecule has 0 aliphatic heterocycles. The molecule has 12 rings (SSSR count). The quantitative estimate of drug-likeness (QED) is 0.184. The summed E-state index contributed by atoms with van der Waals surface area (Å²) < 4.78 is 12.4. The van der Waals surface area contributed by atoms with Crippen LogP contribution in [0.4, 0.5) is 0 Å². The molecular weight excluding hydrogens is 663 g/mol. The second kappa shape index (κ2) is 11.1. The van der Waals surface area contributed by atoms with Gasteiger partial charge in [0.05, 0.1) is 0 Å². The first-order valence-corrected chi connectivity index (χ1v) is 18.1. The lowest BCUT2D eigenvalue weighted by Gasteiger charge is -2.15. The number of nitrogens with zero attached hydrogens (tertiary/aromatic N) is 3. The highest BCUT2D eigenvalue weighted by Gasteiger charge is 2.28. The smallest absolute Gasteiger partial charge is 0.164 e. The van der Waals surface area contributed by atoms with Crippen molar-refractivity contribution in [2.24, 2.45) is 0 Å². The molecule has 0 saturated heterocycles. The summed E-state index contributed by atoms with van der Waals surface area (Å²) in [7, 11) is 0. The van der Waals surface area contributed by atoms with Crippen molar-refractivity contribution in [2.75, 3.05) is 0 Å². The highest BCUT2D eigenvalue weighted by molar-refractivity contribution is 6.19. The Labute approximate surface area is 308 Å². The lowest BCUT2D eigenvalue weighted by atomic mass is 9.91. The van der Waals surface area contributed by atoms with E-state index in [2.05, 4.69) is 103 Å². The normalized spacial score (nSPS) is 12.1. The van der Waals surface area contributed by atoms with Crippen LogP contribution in [0.1, 0.15) is 0 Å². The molecule has 5 nitrogen and oxygen atoms in total. The topological polar surface area (TPSA) is 65.0 Å². The molecule has 0 unspecified atom stereocenters. The Hall–Kier alpha value is -7.37. The van der Waals surface area contributed by atoms with Crippen LogP contribution in [-0.2, 0) is 0 Å². The van der Waals surface area contributed by atoms with E-state index in [0.29, 0.717) is 17.5 Å². The van der Waals surface area contributed by atoms with Gasteiger partial charge >= 0.3 is 0 Å². The van der Waals surface area contributed by atoms with Crippen LogP contribution in [0.2, 0.25) is 0 Å². The second-order valence-electron chi connectivity index (χ2n) is 13.9. The summed E-state index contributed by atoms with van der Waals surface area (Å²) in [5, 5.41) is 6.74. The molecule has 11 aromatic rings. The molecule has 5 heteroatoms. The van der Waals surface area contributed by atoms with Gasteiger partial charge < -0.3 is 8.83 Å². The maximum Gasteiger partial charge on any atom is 0.164 e. The first kappa shape index (κ1) is 29.2. The molecule has 0 atom stereocenters. The van der Waals surface area contributed by atoms with Gasteiger partial charge in [0.1, 0.15) is 22.3 Å². The van der Waals surface area contributed by atoms with Gasteiger partial charge in [0.15, 0.2) is 17.5 Å². The highest BCUT2D eigenvalue weighted by Crippen LogP contribution is 2.52. The fraction of sp³-hybridized carbons (Fsp3) is 0. The van der Waals surface area contributed by atoms with Crippen LogP contribution >= 0.6 is 0 Å². The number of rotatable bonds is 4. The molecule has 1 aliphatic rings. The summed E-state index contributed by atoms with van der Waals surface area (Å²) in [6.45, 7) is 0. The first-order chi connectivity index (χ1) is 26.7. The van der Waals surface area contributed by atoms with Gasteiger partial charge in [0.25, 0.3) is 0 Å². The van der Waals surface area contributed by atoms with E-state index in [9.17, 15) is 0 Å². The van der Waals surface area contributed by atoms with Gasteiger partial charge in [0, 0.05) is 43.8 Å². The zero-order chi connectivity index (χ0) is 35.3. The monoisotopic (exact) mass is 689 g/mol. The third-order valence-electron chi connectivity index (χ3n) is 10.9. The molecule has 0 amide bonds. The van der Waals surface area contributed by atoms with Crippen molar-refractivity contribution in [3.8, 4) is 67.5 Å². The number of para-hydroxylation sites is 2. The molecule has 0 saturated carbocycles. The van der Waals surface area contributed by atoms with Gasteiger partial charge in [-0.25, -0.2) is 15.0 Å². The minimum Gasteiger partial charge on any atom is -0.456 e. The molecule has 3 heterocycles. The molecule has 0 fully saturated rings. The van der Waals surface area contributed by atoms with Crippen LogP contribution in [0.3, 0.4) is 0 Å². The van der Waals surface area contributed by atoms with Crippen LogP contribution in [0.5, 0.6) is 0 Å². The largest absolute Gasteiger partial charge is 0.456 e. The van der Waals surface area contributed by atoms with Gasteiger partial charge in [-0.3, -0.25) is 0 Å². The zero-order valence-electron chi connectivity index (χ0n) is 28.7. The van der Waals surface area contributed by atoms with E-state index in [1.54, 1.807) is 0 Å². The second-order valence-corrected chi connectivity index (χ2v) is 13.9. The van der Waals surface area contributed by atoms with Gasteiger partial charge in [-0.15, -0.1) is 0 Å². The van der Waals surface area contributed by atoms with Crippen LogP contribution in [0.15, 0.2) is 173 Å². The number of benzene rings is 8. The van der Waals surface area contributed by atoms with E-state index in [1.165, 1.54) is 27.5 Å². The average Bonchev–Trinajstić information content (AvgIpc) is 3.91. The predicted molar refractivity (Wildman–Crippen MR) is 218 cm³/mol. The number of furan rings is 2. The maximum atomic E-state index is 6.21. The molecule has 3 aromatic heterocycles. The van der Waals surface area contributed by atoms with E-state index in [4.69, 9.17) is 23.8 Å². The Morgan fingerprint density at radius 3 is 1.59 bits per heavy atom. The van der Waals surface area contributed by atoms with E-state index in [0.717, 1.165) is 77.3 Å². The molecule has 1 aliphatic carbocycles. The maximum absolute atomic E-state index is 6.21. The lowest BCUT2D eigenvalue weighted by molar-refractivity contribution is 0.668. The van der Waals surface area contributed by atoms with Crippen LogP contribution in [-0.4, -0.2) is 15.0 Å². The van der Waals surface area contributed by atoms with Crippen LogP contribution in [0, 0.1) is 0 Å². The van der Waals surface area contributed by atoms with Crippen LogP contribution in [0.25, 0.3) is 122 Å². The van der Waals surface area contributed by atoms with Crippen molar-refractivity contribution in [1.82, 2.24) is 15.0 Å². The van der Waals surface area contributed by atoms with Gasteiger partial charge in [-0.05, 0) is 93.2 Å². The first-order valence-electron chi connectivity index (χ1n) is 18.1. The standard InChI is InChI=1S/C49H27N3O2/c1-2-10-29(11-3-1)47-50-48(31-21-23-44-38(25-31)34-15-5-7-19-42(34)54-44)52-49(51-47)40-27-32(30-20-22-43-37(24-30)33-14-4-6-18-41(33)53-43)26-39-35-16-8-12-28-13-9-17-36(45(28)35)46(39)40/h1-27H. The Morgan fingerprint density at radius 2 is 0.870 bits per heavy atom. The lowest BCUT2D eigenvalue weighted by Crippen LogP contribution is -2.01. The van der Waals surface area contributed by atoms with Crippen molar-refractivity contribution >= 4 is 54.6 Å². The minimum atomic E-state index is 0.602. The molecule has 0 bridgehead atoms. The molecule has 0 N–H and O–H groups in total. The molecule has 250 valence electrons. The van der Waals surface area contributed by atoms with E-state index >= 15 is 0 Å². The number of aromatic nitrogens is 3. The van der Waals surface area contributed by atoms with Crippen LogP contribution < -0.4 is 0 Å². The fourth-order valence-electron chi connectivity index (χ4n) is 8.37. The summed E-state index contributed by atoms with van der Waals surface area (Å²) in [6.07, 6.45) is 0. The number of hydrogen-bond acceptors (Lipinski definition) is 5. The highest BCUT2D eigenvalue weighted by atomic mass is 16.3. The van der Waals surface area contributed by atoms with Gasteiger partial charge in [-0.2, -0.15) is 0 Å². The Morgan fingerprint density at radius 1 is 0.315 bits per heavy atom. The van der Waals surface area contributed by atoms with E-state index in [1.807, 2.05) is 60.7 Å². The molecule has 54 heavy (non-hydrogen) atoms. The third-order valence-corrected chi connectivity index (χ3v) is 10.9. The SMILES string of the molecule is c1ccc(-c2nc(-c3ccc4oc5ccccc5c4c3)nc(-c3cc(-c4ccc5oc6ccccc6c5c4)cc4c3-c3cccc5cccc-4c35)n2)cc1. The fourth-order valence-corrected chi connectivity index (χ4v) is 8.37. The minimum absolute atomic E-state index is 0.602. The summed E-state index contributed by atoms with van der Waals surface area (Å²) in [5.41, 5.74) is 13.1. The average molecular weight is 690 g/mol. The third kappa shape index (κ3) is 4.30. The number of hydrogen-bond donors (Lipinski definition) is 0. The van der Waals surface area contributed by atoms with Crippen molar-refractivity contribution in [3.63, 3.8) is 0 Å². The van der Waals surface area contributed by atoms with E-state index in [-0.39, 0.29) is 0 Å². The number of fused-ring (bicyclic) bond motifs is 9. The molecule has 0 spiro atoms. The Kier molecular flexibility index (Phi) is 5.99. The summed E-state index contributed by atoms with van der Waals surface area (Å²) in [6, 6.07) is 56.9. The van der Waals surface area contributed by atoms with Crippen molar-refractivity contribution < 1.29 is 8.83 Å². The zero-order valence-corrected chi connectivity index (χ0v) is 28.7. The van der Waals surface area contributed by atoms with Gasteiger partial charge in [0.2, 0.25) is 0 Å². The summed E-state index contributed by atoms with van der Waals surface area (Å²) >= 11 is 0. The Bertz CT molecular complexity index is 3330. The summed E-state index contributed by atoms with van der Waals surface area (Å²) in [5.74, 6) is 1.84. The molecule has 8 aromatic carbocycles. The van der Waals surface area contributed by atoms with E-state index < -0.39 is 0 Å². The van der Waals surface area contributed by atoms with Gasteiger partial charge in [-0.1, -0.05) is 109 Å². The van der Waals surface area contributed by atoms with Crippen molar-refractivity contribution in [2.45, 2.75) is 0 Å². The molecule has 0 radical (unpaired) electrons. The van der Waals surface area contributed by atoms with Crippen molar-refractivity contribution in [1.29, 1.82) is 0 Å². The Balaban J connectivity index is 1.14. The summed E-state index contributed by atoms with van der Waals surface area (Å²) in [4.78, 5) is 15.7. The predicted octanol–water partition coefficient (Wildman–Crippen LogP) is 13.1. The molecular formula is C49H27N3O2. The van der Waals surface area contributed by atoms with Crippen molar-refractivity contribution in [3.05, 3.63) is 164 Å².